The lowest BCUT2D eigenvalue weighted by Crippen LogP contribution is -2.18. The monoisotopic (exact) mass is 466 g/mol. The Labute approximate surface area is 201 Å². The van der Waals surface area contributed by atoms with E-state index >= 15 is 0 Å². The van der Waals surface area contributed by atoms with E-state index in [0.29, 0.717) is 24.7 Å². The summed E-state index contributed by atoms with van der Waals surface area (Å²) in [5.74, 6) is 0.848. The maximum atomic E-state index is 12.2. The average Bonchev–Trinajstić information content (AvgIpc) is 2.78. The molecule has 0 spiro atoms. The molecular weight excluding hydrogens is 432 g/mol. The Balaban J connectivity index is 2.02. The molecule has 3 aromatic rings. The third-order valence-electron chi connectivity index (χ3n) is 5.15. The minimum atomic E-state index is -0.414. The normalized spacial score (nSPS) is 11.3. The summed E-state index contributed by atoms with van der Waals surface area (Å²) in [6, 6.07) is 11.8. The third kappa shape index (κ3) is 6.40. The second-order valence-electron chi connectivity index (χ2n) is 9.49. The van der Waals surface area contributed by atoms with Crippen LogP contribution in [0.2, 0.25) is 0 Å². The van der Waals surface area contributed by atoms with E-state index in [2.05, 4.69) is 0 Å². The molecule has 0 aliphatic rings. The molecule has 0 aliphatic carbocycles. The number of fused-ring (bicyclic) bond motifs is 2. The van der Waals surface area contributed by atoms with Gasteiger partial charge in [-0.05, 0) is 37.8 Å². The highest BCUT2D eigenvalue weighted by molar-refractivity contribution is 6.11. The fourth-order valence-corrected chi connectivity index (χ4v) is 3.55. The Morgan fingerprint density at radius 3 is 1.38 bits per heavy atom. The van der Waals surface area contributed by atoms with Crippen molar-refractivity contribution >= 4 is 33.5 Å². The summed E-state index contributed by atoms with van der Waals surface area (Å²) >= 11 is 0. The smallest absolute Gasteiger partial charge is 0.344 e. The van der Waals surface area contributed by atoms with Crippen molar-refractivity contribution in [2.45, 2.75) is 41.5 Å². The molecular formula is C28H34O6. The highest BCUT2D eigenvalue weighted by atomic mass is 16.6. The van der Waals surface area contributed by atoms with E-state index < -0.39 is 11.9 Å². The average molecular weight is 467 g/mol. The molecule has 0 aliphatic heterocycles. The standard InChI is InChI=1S/C28H34O6/c1-17(2)13-31-25(29)15-33-27-21-9-7-20(6)12-24(21)28(22-10-8-19(5)11-23(22)27)34-16-26(30)32-14-18(3)4/h7-12,17-18H,13-16H2,1-6H3. The lowest BCUT2D eigenvalue weighted by Gasteiger charge is -2.18. The molecule has 0 atom stereocenters. The maximum absolute atomic E-state index is 12.2. The Kier molecular flexibility index (Phi) is 8.37. The summed E-state index contributed by atoms with van der Waals surface area (Å²) in [6.45, 7) is 12.2. The lowest BCUT2D eigenvalue weighted by molar-refractivity contribution is -0.147. The molecule has 0 amide bonds. The van der Waals surface area contributed by atoms with E-state index in [-0.39, 0.29) is 25.0 Å². The van der Waals surface area contributed by atoms with Crippen LogP contribution in [0.15, 0.2) is 36.4 Å². The zero-order valence-electron chi connectivity index (χ0n) is 20.9. The number of carbonyl (C=O) groups excluding carboxylic acids is 2. The first kappa shape index (κ1) is 25.3. The van der Waals surface area contributed by atoms with Gasteiger partial charge in [-0.3, -0.25) is 0 Å². The number of carbonyl (C=O) groups is 2. The van der Waals surface area contributed by atoms with Gasteiger partial charge in [0.15, 0.2) is 13.2 Å². The van der Waals surface area contributed by atoms with Crippen LogP contribution < -0.4 is 9.47 Å². The number of ether oxygens (including phenoxy) is 4. The predicted molar refractivity (Wildman–Crippen MR) is 134 cm³/mol. The molecule has 0 saturated heterocycles. The Hall–Kier alpha value is -3.28. The number of hydrogen-bond donors (Lipinski definition) is 0. The van der Waals surface area contributed by atoms with Crippen LogP contribution >= 0.6 is 0 Å². The topological polar surface area (TPSA) is 71.1 Å². The maximum Gasteiger partial charge on any atom is 0.344 e. The minimum absolute atomic E-state index is 0.194. The lowest BCUT2D eigenvalue weighted by atomic mass is 9.98. The summed E-state index contributed by atoms with van der Waals surface area (Å²) in [5, 5.41) is 3.20. The fraction of sp³-hybridized carbons (Fsp3) is 0.429. The van der Waals surface area contributed by atoms with E-state index in [0.717, 1.165) is 32.7 Å². The van der Waals surface area contributed by atoms with E-state index in [9.17, 15) is 9.59 Å². The Bertz CT molecular complexity index is 1090. The van der Waals surface area contributed by atoms with Crippen molar-refractivity contribution in [3.05, 3.63) is 47.5 Å². The highest BCUT2D eigenvalue weighted by Gasteiger charge is 2.19. The number of rotatable bonds is 10. The van der Waals surface area contributed by atoms with Gasteiger partial charge < -0.3 is 18.9 Å². The van der Waals surface area contributed by atoms with E-state index in [1.807, 2.05) is 77.9 Å². The molecule has 0 saturated carbocycles. The van der Waals surface area contributed by atoms with Crippen LogP contribution in [0.4, 0.5) is 0 Å². The van der Waals surface area contributed by atoms with E-state index in [1.54, 1.807) is 0 Å². The first-order valence-electron chi connectivity index (χ1n) is 11.7. The summed E-state index contributed by atoms with van der Waals surface area (Å²) in [5.41, 5.74) is 2.07. The van der Waals surface area contributed by atoms with Crippen molar-refractivity contribution in [2.24, 2.45) is 11.8 Å². The van der Waals surface area contributed by atoms with Gasteiger partial charge in [0, 0.05) is 21.5 Å². The summed E-state index contributed by atoms with van der Waals surface area (Å²) < 4.78 is 22.7. The van der Waals surface area contributed by atoms with Crippen LogP contribution in [0.25, 0.3) is 21.5 Å². The van der Waals surface area contributed by atoms with Crippen molar-refractivity contribution in [2.75, 3.05) is 26.4 Å². The number of aryl methyl sites for hydroxylation is 2. The second kappa shape index (κ2) is 11.2. The van der Waals surface area contributed by atoms with Gasteiger partial charge in [0.05, 0.1) is 13.2 Å². The van der Waals surface area contributed by atoms with Crippen molar-refractivity contribution in [3.63, 3.8) is 0 Å². The highest BCUT2D eigenvalue weighted by Crippen LogP contribution is 2.43. The molecule has 6 heteroatoms. The van der Waals surface area contributed by atoms with Crippen molar-refractivity contribution in [1.29, 1.82) is 0 Å². The quantitative estimate of drug-likeness (QED) is 0.279. The van der Waals surface area contributed by atoms with E-state index in [4.69, 9.17) is 18.9 Å². The van der Waals surface area contributed by atoms with Crippen LogP contribution in [-0.2, 0) is 19.1 Å². The van der Waals surface area contributed by atoms with Crippen molar-refractivity contribution < 1.29 is 28.5 Å². The first-order chi connectivity index (χ1) is 16.2. The van der Waals surface area contributed by atoms with Crippen LogP contribution in [0.5, 0.6) is 11.5 Å². The summed E-state index contributed by atoms with van der Waals surface area (Å²) in [7, 11) is 0. The SMILES string of the molecule is Cc1ccc2c(OCC(=O)OCC(C)C)c3cc(C)ccc3c(OCC(=O)OCC(C)C)c2c1. The largest absolute Gasteiger partial charge is 0.481 e. The Morgan fingerprint density at radius 2 is 1.03 bits per heavy atom. The van der Waals surface area contributed by atoms with Crippen LogP contribution in [0, 0.1) is 25.7 Å². The predicted octanol–water partition coefficient (Wildman–Crippen LogP) is 5.77. The third-order valence-corrected chi connectivity index (χ3v) is 5.15. The van der Waals surface area contributed by atoms with Crippen molar-refractivity contribution in [1.82, 2.24) is 0 Å². The summed E-state index contributed by atoms with van der Waals surface area (Å²) in [4.78, 5) is 24.5. The fourth-order valence-electron chi connectivity index (χ4n) is 3.55. The summed E-state index contributed by atoms with van der Waals surface area (Å²) in [6.07, 6.45) is 0. The second-order valence-corrected chi connectivity index (χ2v) is 9.49. The van der Waals surface area contributed by atoms with Gasteiger partial charge >= 0.3 is 11.9 Å². The molecule has 0 N–H and O–H groups in total. The molecule has 3 aromatic carbocycles. The number of benzene rings is 3. The first-order valence-corrected chi connectivity index (χ1v) is 11.7. The van der Waals surface area contributed by atoms with Gasteiger partial charge in [-0.2, -0.15) is 0 Å². The molecule has 0 heterocycles. The van der Waals surface area contributed by atoms with Crippen molar-refractivity contribution in [3.8, 4) is 11.5 Å². The van der Waals surface area contributed by atoms with Gasteiger partial charge in [0.25, 0.3) is 0 Å². The molecule has 182 valence electrons. The van der Waals surface area contributed by atoms with Gasteiger partial charge in [-0.25, -0.2) is 9.59 Å². The molecule has 0 fully saturated rings. The zero-order chi connectivity index (χ0) is 24.8. The molecule has 0 radical (unpaired) electrons. The molecule has 34 heavy (non-hydrogen) atoms. The van der Waals surface area contributed by atoms with Gasteiger partial charge in [0.1, 0.15) is 11.5 Å². The molecule has 0 unspecified atom stereocenters. The van der Waals surface area contributed by atoms with Gasteiger partial charge in [-0.1, -0.05) is 63.1 Å². The number of hydrogen-bond acceptors (Lipinski definition) is 6. The van der Waals surface area contributed by atoms with Crippen LogP contribution in [0.1, 0.15) is 38.8 Å². The molecule has 0 aromatic heterocycles. The molecule has 6 nitrogen and oxygen atoms in total. The molecule has 0 bridgehead atoms. The number of esters is 2. The zero-order valence-corrected chi connectivity index (χ0v) is 20.9. The van der Waals surface area contributed by atoms with Crippen LogP contribution in [-0.4, -0.2) is 38.4 Å². The Morgan fingerprint density at radius 1 is 0.647 bits per heavy atom. The van der Waals surface area contributed by atoms with Crippen LogP contribution in [0.3, 0.4) is 0 Å². The van der Waals surface area contributed by atoms with E-state index in [1.165, 1.54) is 0 Å². The minimum Gasteiger partial charge on any atom is -0.481 e. The van der Waals surface area contributed by atoms with Gasteiger partial charge in [-0.15, -0.1) is 0 Å². The molecule has 3 rings (SSSR count). The van der Waals surface area contributed by atoms with Gasteiger partial charge in [0.2, 0.25) is 0 Å².